The number of nitrogens with one attached hydrogen (secondary N) is 3. The second-order valence-electron chi connectivity index (χ2n) is 9.80. The maximum atomic E-state index is 12.7. The van der Waals surface area contributed by atoms with Crippen LogP contribution in [0.5, 0.6) is 0 Å². The van der Waals surface area contributed by atoms with Crippen LogP contribution in [0.15, 0.2) is 79.1 Å². The number of carbonyl (C=O) groups excluding carboxylic acids is 3. The van der Waals surface area contributed by atoms with Crippen LogP contribution in [0.4, 0.5) is 0 Å². The molecule has 1 aromatic heterocycles. The molecular weight excluding hydrogens is 747 g/mol. The molecule has 3 N–H and O–H groups in total. The van der Waals surface area contributed by atoms with Gasteiger partial charge in [0.25, 0.3) is 0 Å². The largest absolute Gasteiger partial charge is 2.00 e. The summed E-state index contributed by atoms with van der Waals surface area (Å²) < 4.78 is 5.16. The molecule has 2 aromatic carbocycles. The molecule has 0 aliphatic carbocycles. The monoisotopic (exact) mass is 799 g/mol. The summed E-state index contributed by atoms with van der Waals surface area (Å²) in [6, 6.07) is 21.7. The SMILES string of the molecule is CC.CCC[NH-].CCOC(=O)C(C)C[C@@H](Cc1ccc(-c2ccccc2)cc1)NC(=O)CCC(=O)NCc1ccncc1.[CH3-].[Pt+2]. The molecule has 0 spiro atoms. The molecule has 250 valence electrons. The molecule has 0 radical (unpaired) electrons. The van der Waals surface area contributed by atoms with Crippen LogP contribution >= 0.6 is 0 Å². The van der Waals surface area contributed by atoms with Crippen LogP contribution in [0.1, 0.15) is 71.4 Å². The van der Waals surface area contributed by atoms with E-state index in [-0.39, 0.29) is 71.1 Å². The zero-order valence-electron chi connectivity index (χ0n) is 27.7. The second kappa shape index (κ2) is 27.0. The maximum absolute atomic E-state index is 12.7. The summed E-state index contributed by atoms with van der Waals surface area (Å²) in [6.45, 7) is 10.9. The van der Waals surface area contributed by atoms with Crippen LogP contribution in [0.2, 0.25) is 0 Å². The van der Waals surface area contributed by atoms with Crippen molar-refractivity contribution < 1.29 is 40.2 Å². The van der Waals surface area contributed by atoms with Crippen molar-refractivity contribution in [3.05, 3.63) is 103 Å². The third kappa shape index (κ3) is 18.9. The van der Waals surface area contributed by atoms with Gasteiger partial charge in [-0.1, -0.05) is 88.7 Å². The number of aromatic nitrogens is 1. The van der Waals surface area contributed by atoms with Crippen molar-refractivity contribution in [1.82, 2.24) is 15.6 Å². The Morgan fingerprint density at radius 1 is 0.844 bits per heavy atom. The summed E-state index contributed by atoms with van der Waals surface area (Å²) in [6.07, 6.45) is 5.49. The van der Waals surface area contributed by atoms with Gasteiger partial charge in [-0.25, -0.2) is 0 Å². The van der Waals surface area contributed by atoms with Crippen molar-refractivity contribution >= 4 is 17.8 Å². The quantitative estimate of drug-likeness (QED) is 0.130. The first-order chi connectivity index (χ1) is 20.9. The fraction of sp³-hybridized carbons (Fsp3) is 0.417. The number of pyridine rings is 1. The summed E-state index contributed by atoms with van der Waals surface area (Å²) in [5, 5.41) is 5.85. The molecule has 0 aliphatic rings. The molecule has 0 aliphatic heterocycles. The van der Waals surface area contributed by atoms with E-state index in [1.165, 1.54) is 0 Å². The third-order valence-electron chi connectivity index (χ3n) is 6.30. The number of nitrogens with zero attached hydrogens (tertiary/aromatic N) is 1. The van der Waals surface area contributed by atoms with E-state index in [4.69, 9.17) is 10.5 Å². The number of ether oxygens (including phenoxy) is 1. The van der Waals surface area contributed by atoms with Crippen LogP contribution in [0.25, 0.3) is 16.9 Å². The predicted octanol–water partition coefficient (Wildman–Crippen LogP) is 7.38. The summed E-state index contributed by atoms with van der Waals surface area (Å²) in [5.41, 5.74) is 10.7. The fourth-order valence-corrected chi connectivity index (χ4v) is 4.07. The summed E-state index contributed by atoms with van der Waals surface area (Å²) in [7, 11) is 0. The predicted molar refractivity (Wildman–Crippen MR) is 180 cm³/mol. The molecule has 2 atom stereocenters. The number of amides is 2. The van der Waals surface area contributed by atoms with E-state index in [0.29, 0.717) is 32.5 Å². The second-order valence-corrected chi connectivity index (χ2v) is 9.80. The Labute approximate surface area is 285 Å². The van der Waals surface area contributed by atoms with Crippen molar-refractivity contribution in [1.29, 1.82) is 0 Å². The van der Waals surface area contributed by atoms with Gasteiger partial charge in [-0.2, -0.15) is 6.54 Å². The molecule has 3 aromatic rings. The number of carbonyl (C=O) groups is 3. The van der Waals surface area contributed by atoms with Crippen molar-refractivity contribution in [2.45, 2.75) is 79.3 Å². The number of rotatable bonds is 14. The van der Waals surface area contributed by atoms with Crippen LogP contribution in [-0.4, -0.2) is 42.0 Å². The Bertz CT molecular complexity index is 1180. The van der Waals surface area contributed by atoms with Crippen molar-refractivity contribution in [3.8, 4) is 11.1 Å². The van der Waals surface area contributed by atoms with Gasteiger partial charge in [-0.15, -0.1) is 0 Å². The Balaban J connectivity index is 0. The fourth-order valence-electron chi connectivity index (χ4n) is 4.07. The third-order valence-corrected chi connectivity index (χ3v) is 6.30. The molecule has 2 amide bonds. The van der Waals surface area contributed by atoms with E-state index < -0.39 is 0 Å². The van der Waals surface area contributed by atoms with Gasteiger partial charge in [0, 0.05) is 37.8 Å². The average molecular weight is 800 g/mol. The van der Waals surface area contributed by atoms with Gasteiger partial charge in [-0.05, 0) is 54.2 Å². The zero-order valence-corrected chi connectivity index (χ0v) is 30.0. The molecule has 8 nitrogen and oxygen atoms in total. The minimum absolute atomic E-state index is 0. The van der Waals surface area contributed by atoms with Crippen molar-refractivity contribution in [3.63, 3.8) is 0 Å². The standard InChI is InChI=1S/C30H35N3O4.C3H8N.C2H6.CH3.Pt/c1-3-37-30(36)22(2)19-27(20-23-9-11-26(12-10-23)25-7-5-4-6-8-25)33-29(35)14-13-28(34)32-21-24-15-17-31-18-16-24;1-2-3-4;1-2;;/h4-12,15-18,22,27H,3,13-14,19-21H2,1-2H3,(H,32,34)(H,33,35);4H,2-3H2,1H3;1-2H3;1H3;/q;-1;;-1;+2/t22?,27-;;;;/m0..../s1. The van der Waals surface area contributed by atoms with E-state index in [9.17, 15) is 14.4 Å². The average Bonchev–Trinajstić information content (AvgIpc) is 3.05. The van der Waals surface area contributed by atoms with Gasteiger partial charge >= 0.3 is 27.0 Å². The molecule has 0 fully saturated rings. The summed E-state index contributed by atoms with van der Waals surface area (Å²) >= 11 is 0. The van der Waals surface area contributed by atoms with Crippen LogP contribution < -0.4 is 10.6 Å². The van der Waals surface area contributed by atoms with Crippen molar-refractivity contribution in [2.75, 3.05) is 13.2 Å². The first-order valence-corrected chi connectivity index (χ1v) is 15.3. The number of esters is 1. The van der Waals surface area contributed by atoms with Gasteiger partial charge in [-0.3, -0.25) is 19.4 Å². The van der Waals surface area contributed by atoms with Gasteiger partial charge in [0.2, 0.25) is 11.8 Å². The molecule has 0 bridgehead atoms. The minimum atomic E-state index is -0.363. The molecular formula is C36H52N4O4Pt. The summed E-state index contributed by atoms with van der Waals surface area (Å²) in [4.78, 5) is 41.1. The van der Waals surface area contributed by atoms with Crippen LogP contribution in [0, 0.1) is 13.3 Å². The first kappa shape index (κ1) is 43.8. The Morgan fingerprint density at radius 3 is 1.96 bits per heavy atom. The molecule has 1 heterocycles. The van der Waals surface area contributed by atoms with E-state index in [1.54, 1.807) is 19.3 Å². The van der Waals surface area contributed by atoms with E-state index in [2.05, 4.69) is 39.9 Å². The van der Waals surface area contributed by atoms with Gasteiger partial charge < -0.3 is 28.5 Å². The van der Waals surface area contributed by atoms with E-state index in [0.717, 1.165) is 28.7 Å². The minimum Gasteiger partial charge on any atom is -0.677 e. The number of hydrogen-bond donors (Lipinski definition) is 2. The number of hydrogen-bond acceptors (Lipinski definition) is 5. The normalized spacial score (nSPS) is 10.9. The maximum Gasteiger partial charge on any atom is 2.00 e. The van der Waals surface area contributed by atoms with Gasteiger partial charge in [0.15, 0.2) is 0 Å². The molecule has 0 saturated carbocycles. The molecule has 1 unspecified atom stereocenters. The first-order valence-electron chi connectivity index (χ1n) is 15.3. The van der Waals surface area contributed by atoms with Crippen LogP contribution in [-0.2, 0) is 53.2 Å². The van der Waals surface area contributed by atoms with E-state index >= 15 is 0 Å². The smallest absolute Gasteiger partial charge is 0.677 e. The van der Waals surface area contributed by atoms with Gasteiger partial charge in [0.1, 0.15) is 0 Å². The topological polar surface area (TPSA) is 121 Å². The Kier molecular flexibility index (Phi) is 26.3. The molecule has 0 saturated heterocycles. The number of benzene rings is 2. The Hall–Kier alpha value is -3.35. The van der Waals surface area contributed by atoms with Crippen molar-refractivity contribution in [2.24, 2.45) is 5.92 Å². The van der Waals surface area contributed by atoms with Crippen LogP contribution in [0.3, 0.4) is 0 Å². The zero-order chi connectivity index (χ0) is 31.9. The molecule has 45 heavy (non-hydrogen) atoms. The summed E-state index contributed by atoms with van der Waals surface area (Å²) in [5.74, 6) is -1.06. The molecule has 3 rings (SSSR count). The van der Waals surface area contributed by atoms with Gasteiger partial charge in [0.05, 0.1) is 12.5 Å². The Morgan fingerprint density at radius 2 is 1.40 bits per heavy atom. The molecule has 9 heteroatoms. The van der Waals surface area contributed by atoms with E-state index in [1.807, 2.05) is 70.2 Å².